The summed E-state index contributed by atoms with van der Waals surface area (Å²) in [6.45, 7) is 2.71. The van der Waals surface area contributed by atoms with E-state index in [0.717, 1.165) is 17.0 Å². The Balaban J connectivity index is 2.96. The molecule has 0 radical (unpaired) electrons. The zero-order chi connectivity index (χ0) is 16.2. The third-order valence-electron chi connectivity index (χ3n) is 2.80. The van der Waals surface area contributed by atoms with Crippen molar-refractivity contribution < 1.29 is 27.9 Å². The summed E-state index contributed by atoms with van der Waals surface area (Å²) in [7, 11) is 0. The summed E-state index contributed by atoms with van der Waals surface area (Å²) in [6, 6.07) is 2.22. The third-order valence-corrected chi connectivity index (χ3v) is 2.80. The molecule has 21 heavy (non-hydrogen) atoms. The summed E-state index contributed by atoms with van der Waals surface area (Å²) in [5, 5.41) is 11.0. The van der Waals surface area contributed by atoms with Gasteiger partial charge < -0.3 is 15.3 Å². The number of likely N-dealkylation sites (N-methyl/N-ethyl adjacent to an activating group) is 1. The van der Waals surface area contributed by atoms with Crippen LogP contribution in [0, 0.1) is 6.92 Å². The van der Waals surface area contributed by atoms with E-state index in [9.17, 15) is 22.8 Å². The number of benzene rings is 1. The van der Waals surface area contributed by atoms with E-state index in [-0.39, 0.29) is 12.2 Å². The Morgan fingerprint density at radius 1 is 1.33 bits per heavy atom. The fourth-order valence-corrected chi connectivity index (χ4v) is 1.62. The summed E-state index contributed by atoms with van der Waals surface area (Å²) >= 11 is 0. The minimum atomic E-state index is -4.52. The van der Waals surface area contributed by atoms with Crippen LogP contribution in [-0.4, -0.2) is 35.1 Å². The Labute approximate surface area is 119 Å². The molecular weight excluding hydrogens is 289 g/mol. The van der Waals surface area contributed by atoms with E-state index < -0.39 is 30.3 Å². The highest BCUT2D eigenvalue weighted by Crippen LogP contribution is 2.32. The minimum absolute atomic E-state index is 0.00124. The molecular formula is C13H15F3N2O3. The van der Waals surface area contributed by atoms with Gasteiger partial charge in [-0.05, 0) is 31.5 Å². The smallest absolute Gasteiger partial charge is 0.416 e. The molecule has 116 valence electrons. The second-order valence-corrected chi connectivity index (χ2v) is 4.37. The van der Waals surface area contributed by atoms with Crippen LogP contribution in [0.4, 0.5) is 23.7 Å². The monoisotopic (exact) mass is 304 g/mol. The average molecular weight is 304 g/mol. The molecule has 0 aromatic heterocycles. The molecule has 0 atom stereocenters. The molecule has 2 amide bonds. The molecule has 1 aromatic carbocycles. The number of carbonyl (C=O) groups is 2. The first-order valence-electron chi connectivity index (χ1n) is 6.10. The average Bonchev–Trinajstić information content (AvgIpc) is 2.36. The van der Waals surface area contributed by atoms with Crippen LogP contribution >= 0.6 is 0 Å². The molecule has 0 bridgehead atoms. The molecule has 0 saturated heterocycles. The lowest BCUT2D eigenvalue weighted by Crippen LogP contribution is -2.38. The van der Waals surface area contributed by atoms with Gasteiger partial charge in [-0.25, -0.2) is 4.79 Å². The Kier molecular flexibility index (Phi) is 5.17. The van der Waals surface area contributed by atoms with Gasteiger partial charge in [-0.3, -0.25) is 4.79 Å². The van der Waals surface area contributed by atoms with Gasteiger partial charge in [0, 0.05) is 12.2 Å². The van der Waals surface area contributed by atoms with E-state index >= 15 is 0 Å². The third kappa shape index (κ3) is 4.66. The summed E-state index contributed by atoms with van der Waals surface area (Å²) in [6.07, 6.45) is -4.52. The standard InChI is InChI=1S/C13H15F3N2O3/c1-3-18(7-11(19)20)12(21)17-10-6-9(13(14,15)16)5-4-8(10)2/h4-6H,3,7H2,1-2H3,(H,17,21)(H,19,20). The lowest BCUT2D eigenvalue weighted by molar-refractivity contribution is -0.138. The molecule has 0 aliphatic carbocycles. The number of hydrogen-bond donors (Lipinski definition) is 2. The van der Waals surface area contributed by atoms with Gasteiger partial charge in [0.05, 0.1) is 5.56 Å². The molecule has 1 aromatic rings. The number of carbonyl (C=O) groups excluding carboxylic acids is 1. The van der Waals surface area contributed by atoms with Crippen molar-refractivity contribution in [2.45, 2.75) is 20.0 Å². The summed E-state index contributed by atoms with van der Waals surface area (Å²) in [5.74, 6) is -1.20. The van der Waals surface area contributed by atoms with Crippen LogP contribution in [0.3, 0.4) is 0 Å². The van der Waals surface area contributed by atoms with Gasteiger partial charge in [-0.15, -0.1) is 0 Å². The molecule has 0 unspecified atom stereocenters. The SMILES string of the molecule is CCN(CC(=O)O)C(=O)Nc1cc(C(F)(F)F)ccc1C. The number of halogens is 3. The number of carboxylic acids is 1. The number of amides is 2. The number of carboxylic acid groups (broad SMARTS) is 1. The van der Waals surface area contributed by atoms with Crippen LogP contribution in [0.25, 0.3) is 0 Å². The number of nitrogens with one attached hydrogen (secondary N) is 1. The molecule has 5 nitrogen and oxygen atoms in total. The largest absolute Gasteiger partial charge is 0.480 e. The molecule has 1 rings (SSSR count). The fraction of sp³-hybridized carbons (Fsp3) is 0.385. The zero-order valence-electron chi connectivity index (χ0n) is 11.5. The first-order valence-corrected chi connectivity index (χ1v) is 6.10. The highest BCUT2D eigenvalue weighted by Gasteiger charge is 2.31. The molecule has 8 heteroatoms. The Morgan fingerprint density at radius 3 is 2.43 bits per heavy atom. The fourth-order valence-electron chi connectivity index (χ4n) is 1.62. The Bertz CT molecular complexity index is 544. The van der Waals surface area contributed by atoms with E-state index in [1.54, 1.807) is 13.8 Å². The van der Waals surface area contributed by atoms with Gasteiger partial charge in [-0.1, -0.05) is 6.07 Å². The Morgan fingerprint density at radius 2 is 1.95 bits per heavy atom. The number of urea groups is 1. The molecule has 0 aliphatic heterocycles. The lowest BCUT2D eigenvalue weighted by atomic mass is 10.1. The number of hydrogen-bond acceptors (Lipinski definition) is 2. The number of nitrogens with zero attached hydrogens (tertiary/aromatic N) is 1. The van der Waals surface area contributed by atoms with E-state index in [1.165, 1.54) is 6.07 Å². The van der Waals surface area contributed by atoms with Crippen LogP contribution in [0.5, 0.6) is 0 Å². The van der Waals surface area contributed by atoms with Crippen LogP contribution in [0.15, 0.2) is 18.2 Å². The van der Waals surface area contributed by atoms with Crippen LogP contribution < -0.4 is 5.32 Å². The van der Waals surface area contributed by atoms with Gasteiger partial charge in [0.25, 0.3) is 0 Å². The maximum Gasteiger partial charge on any atom is 0.416 e. The van der Waals surface area contributed by atoms with E-state index in [4.69, 9.17) is 5.11 Å². The van der Waals surface area contributed by atoms with Crippen molar-refractivity contribution in [3.8, 4) is 0 Å². The van der Waals surface area contributed by atoms with Gasteiger partial charge in [0.15, 0.2) is 0 Å². The molecule has 0 spiro atoms. The first-order chi connectivity index (χ1) is 9.65. The van der Waals surface area contributed by atoms with Crippen molar-refractivity contribution >= 4 is 17.7 Å². The highest BCUT2D eigenvalue weighted by molar-refractivity contribution is 5.92. The van der Waals surface area contributed by atoms with Gasteiger partial charge >= 0.3 is 18.2 Å². The number of aliphatic carboxylic acids is 1. The van der Waals surface area contributed by atoms with Crippen molar-refractivity contribution in [3.05, 3.63) is 29.3 Å². The van der Waals surface area contributed by atoms with Gasteiger partial charge in [0.1, 0.15) is 6.54 Å². The predicted octanol–water partition coefficient (Wildman–Crippen LogP) is 2.95. The van der Waals surface area contributed by atoms with Crippen molar-refractivity contribution in [2.75, 3.05) is 18.4 Å². The highest BCUT2D eigenvalue weighted by atomic mass is 19.4. The van der Waals surface area contributed by atoms with Crippen molar-refractivity contribution in [1.82, 2.24) is 4.90 Å². The topological polar surface area (TPSA) is 69.6 Å². The Hall–Kier alpha value is -2.25. The second-order valence-electron chi connectivity index (χ2n) is 4.37. The molecule has 0 aliphatic rings. The minimum Gasteiger partial charge on any atom is -0.480 e. The van der Waals surface area contributed by atoms with Crippen LogP contribution in [0.2, 0.25) is 0 Å². The number of aryl methyl sites for hydroxylation is 1. The maximum atomic E-state index is 12.6. The van der Waals surface area contributed by atoms with Crippen molar-refractivity contribution in [3.63, 3.8) is 0 Å². The molecule has 2 N–H and O–H groups in total. The van der Waals surface area contributed by atoms with Gasteiger partial charge in [-0.2, -0.15) is 13.2 Å². The first kappa shape index (κ1) is 16.8. The van der Waals surface area contributed by atoms with Crippen molar-refractivity contribution in [1.29, 1.82) is 0 Å². The number of rotatable bonds is 4. The predicted molar refractivity (Wildman–Crippen MR) is 70.1 cm³/mol. The van der Waals surface area contributed by atoms with E-state index in [2.05, 4.69) is 5.32 Å². The maximum absolute atomic E-state index is 12.6. The normalized spacial score (nSPS) is 11.1. The number of alkyl halides is 3. The lowest BCUT2D eigenvalue weighted by Gasteiger charge is -2.20. The molecule has 0 heterocycles. The zero-order valence-corrected chi connectivity index (χ0v) is 11.5. The summed E-state index contributed by atoms with van der Waals surface area (Å²) in [5.41, 5.74) is -0.439. The second kappa shape index (κ2) is 6.47. The van der Waals surface area contributed by atoms with Crippen molar-refractivity contribution in [2.24, 2.45) is 0 Å². The van der Waals surface area contributed by atoms with Crippen LogP contribution in [0.1, 0.15) is 18.1 Å². The summed E-state index contributed by atoms with van der Waals surface area (Å²) in [4.78, 5) is 23.4. The van der Waals surface area contributed by atoms with Gasteiger partial charge in [0.2, 0.25) is 0 Å². The van der Waals surface area contributed by atoms with E-state index in [1.807, 2.05) is 0 Å². The molecule has 0 saturated carbocycles. The number of anilines is 1. The summed E-state index contributed by atoms with van der Waals surface area (Å²) < 4.78 is 37.9. The van der Waals surface area contributed by atoms with Crippen LogP contribution in [-0.2, 0) is 11.0 Å². The molecule has 0 fully saturated rings. The van der Waals surface area contributed by atoms with E-state index in [0.29, 0.717) is 5.56 Å². The quantitative estimate of drug-likeness (QED) is 0.898.